The molecule has 0 radical (unpaired) electrons. The third kappa shape index (κ3) is 5.88. The molecule has 36 heavy (non-hydrogen) atoms. The lowest BCUT2D eigenvalue weighted by molar-refractivity contribution is -0.125. The van der Waals surface area contributed by atoms with Crippen molar-refractivity contribution < 1.29 is 9.53 Å². The van der Waals surface area contributed by atoms with Crippen LogP contribution in [0.1, 0.15) is 17.7 Å². The fraction of sp³-hybridized carbons (Fsp3) is 0.286. The van der Waals surface area contributed by atoms with Gasteiger partial charge in [0.2, 0.25) is 5.91 Å². The van der Waals surface area contributed by atoms with E-state index < -0.39 is 0 Å². The van der Waals surface area contributed by atoms with Crippen molar-refractivity contribution in [1.29, 1.82) is 0 Å². The molecule has 1 saturated heterocycles. The smallest absolute Gasteiger partial charge is 0.237 e. The molecule has 1 fully saturated rings. The van der Waals surface area contributed by atoms with Crippen LogP contribution in [0.25, 0.3) is 5.65 Å². The summed E-state index contributed by atoms with van der Waals surface area (Å²) in [7, 11) is 1.68. The summed E-state index contributed by atoms with van der Waals surface area (Å²) < 4.78 is 7.27. The maximum Gasteiger partial charge on any atom is 0.237 e. The summed E-state index contributed by atoms with van der Waals surface area (Å²) in [5.41, 5.74) is 2.96. The first kappa shape index (κ1) is 24.7. The van der Waals surface area contributed by atoms with Crippen molar-refractivity contribution in [2.24, 2.45) is 0 Å². The van der Waals surface area contributed by atoms with E-state index >= 15 is 0 Å². The van der Waals surface area contributed by atoms with E-state index in [2.05, 4.69) is 57.9 Å². The number of hydrogen-bond donors (Lipinski definition) is 1. The number of ether oxygens (including phenoxy) is 1. The Kier molecular flexibility index (Phi) is 7.84. The highest BCUT2D eigenvalue weighted by atomic mass is 32.2. The van der Waals surface area contributed by atoms with Crippen molar-refractivity contribution in [3.05, 3.63) is 90.4 Å². The number of fused-ring (bicyclic) bond motifs is 1. The molecule has 1 aliphatic heterocycles. The number of likely N-dealkylation sites (tertiary alicyclic amines) is 1. The molecule has 0 unspecified atom stereocenters. The van der Waals surface area contributed by atoms with Crippen LogP contribution in [-0.2, 0) is 17.9 Å². The number of carbonyl (C=O) groups is 1. The third-order valence-electron chi connectivity index (χ3n) is 6.43. The number of thioether (sulfide) groups is 2. The molecule has 6 nitrogen and oxygen atoms in total. The molecule has 1 aliphatic rings. The number of amides is 1. The number of aromatic nitrogens is 2. The Balaban J connectivity index is 1.28. The van der Waals surface area contributed by atoms with Gasteiger partial charge in [0.1, 0.15) is 11.4 Å². The second kappa shape index (κ2) is 11.4. The molecule has 1 N–H and O–H groups in total. The van der Waals surface area contributed by atoms with Crippen molar-refractivity contribution in [2.75, 3.05) is 19.9 Å². The Morgan fingerprint density at radius 1 is 1.08 bits per heavy atom. The summed E-state index contributed by atoms with van der Waals surface area (Å²) in [5.74, 6) is 0.913. The minimum absolute atomic E-state index is 0.0608. The molecular weight excluding hydrogens is 488 g/mol. The molecule has 0 bridgehead atoms. The van der Waals surface area contributed by atoms with Gasteiger partial charge >= 0.3 is 0 Å². The first-order valence-electron chi connectivity index (χ1n) is 12.0. The number of carbonyl (C=O) groups excluding carboxylic acids is 1. The number of nitrogens with one attached hydrogen (secondary N) is 1. The topological polar surface area (TPSA) is 58.9 Å². The minimum Gasteiger partial charge on any atom is -0.497 e. The van der Waals surface area contributed by atoms with Gasteiger partial charge in [-0.15, -0.1) is 23.5 Å². The highest BCUT2D eigenvalue weighted by Crippen LogP contribution is 2.34. The van der Waals surface area contributed by atoms with Crippen LogP contribution in [0.3, 0.4) is 0 Å². The molecule has 8 heteroatoms. The van der Waals surface area contributed by atoms with Gasteiger partial charge in [0.25, 0.3) is 0 Å². The molecule has 0 aliphatic carbocycles. The fourth-order valence-corrected chi connectivity index (χ4v) is 6.21. The predicted molar refractivity (Wildman–Crippen MR) is 147 cm³/mol. The van der Waals surface area contributed by atoms with Gasteiger partial charge in [-0.3, -0.25) is 9.69 Å². The van der Waals surface area contributed by atoms with E-state index in [1.165, 1.54) is 15.4 Å². The van der Waals surface area contributed by atoms with Crippen LogP contribution in [0, 0.1) is 0 Å². The van der Waals surface area contributed by atoms with Gasteiger partial charge in [-0.25, -0.2) is 4.98 Å². The SMILES string of the molecule is COc1ccc(S[C@@H]2C[C@@H](C(=O)NCc3cn4ccccc4n3)N(Cc3ccc(SC)cc3)C2)cc1. The molecule has 4 aromatic rings. The van der Waals surface area contributed by atoms with Crippen LogP contribution in [0.15, 0.2) is 88.9 Å². The van der Waals surface area contributed by atoms with Gasteiger partial charge in [-0.1, -0.05) is 18.2 Å². The van der Waals surface area contributed by atoms with Crippen molar-refractivity contribution in [2.45, 2.75) is 40.6 Å². The number of methoxy groups -OCH3 is 1. The zero-order valence-electron chi connectivity index (χ0n) is 20.5. The summed E-state index contributed by atoms with van der Waals surface area (Å²) in [6.07, 6.45) is 6.82. The van der Waals surface area contributed by atoms with E-state index in [4.69, 9.17) is 4.74 Å². The van der Waals surface area contributed by atoms with E-state index in [1.807, 2.05) is 58.9 Å². The number of hydrogen-bond acceptors (Lipinski definition) is 6. The van der Waals surface area contributed by atoms with Crippen LogP contribution in [0.4, 0.5) is 0 Å². The fourth-order valence-electron chi connectivity index (χ4n) is 4.57. The van der Waals surface area contributed by atoms with Gasteiger partial charge in [0.05, 0.1) is 25.4 Å². The Bertz CT molecular complexity index is 1270. The first-order chi connectivity index (χ1) is 17.6. The van der Waals surface area contributed by atoms with Crippen LogP contribution in [0.5, 0.6) is 5.75 Å². The molecule has 186 valence electrons. The van der Waals surface area contributed by atoms with Gasteiger partial charge in [0, 0.05) is 40.5 Å². The number of imidazole rings is 1. The van der Waals surface area contributed by atoms with Crippen LogP contribution in [0.2, 0.25) is 0 Å². The van der Waals surface area contributed by atoms with E-state index in [0.717, 1.165) is 36.6 Å². The average molecular weight is 519 g/mol. The Morgan fingerprint density at radius 3 is 2.58 bits per heavy atom. The predicted octanol–water partition coefficient (Wildman–Crippen LogP) is 5.12. The van der Waals surface area contributed by atoms with Gasteiger partial charge in [-0.2, -0.15) is 0 Å². The summed E-state index contributed by atoms with van der Waals surface area (Å²) in [6, 6.07) is 22.5. The van der Waals surface area contributed by atoms with E-state index in [1.54, 1.807) is 18.9 Å². The maximum atomic E-state index is 13.4. The van der Waals surface area contributed by atoms with E-state index in [9.17, 15) is 4.79 Å². The molecule has 2 atom stereocenters. The zero-order chi connectivity index (χ0) is 24.9. The number of pyridine rings is 1. The standard InChI is InChI=1S/C28H30N4O2S2/c1-34-22-8-12-24(13-9-22)36-25-15-26(32(19-25)17-20-6-10-23(35-2)11-7-20)28(33)29-16-21-18-31-14-4-3-5-27(31)30-21/h3-14,18,25-26H,15-17,19H2,1-2H3,(H,29,33)/t25-,26+/m1/s1. The normalized spacial score (nSPS) is 17.9. The van der Waals surface area contributed by atoms with Crippen LogP contribution < -0.4 is 10.1 Å². The summed E-state index contributed by atoms with van der Waals surface area (Å²) in [6.45, 7) is 2.03. The lowest BCUT2D eigenvalue weighted by Gasteiger charge is -2.23. The zero-order valence-corrected chi connectivity index (χ0v) is 22.1. The average Bonchev–Trinajstić information content (AvgIpc) is 3.51. The highest BCUT2D eigenvalue weighted by Gasteiger charge is 2.37. The molecule has 3 heterocycles. The van der Waals surface area contributed by atoms with Crippen molar-refractivity contribution in [3.63, 3.8) is 0 Å². The second-order valence-electron chi connectivity index (χ2n) is 8.86. The molecule has 2 aromatic heterocycles. The van der Waals surface area contributed by atoms with Gasteiger partial charge < -0.3 is 14.5 Å². The van der Waals surface area contributed by atoms with Crippen LogP contribution >= 0.6 is 23.5 Å². The highest BCUT2D eigenvalue weighted by molar-refractivity contribution is 8.00. The lowest BCUT2D eigenvalue weighted by atomic mass is 10.1. The number of rotatable bonds is 9. The minimum atomic E-state index is -0.182. The summed E-state index contributed by atoms with van der Waals surface area (Å²) in [4.78, 5) is 22.8. The Hall–Kier alpha value is -2.94. The van der Waals surface area contributed by atoms with Crippen molar-refractivity contribution in [3.8, 4) is 5.75 Å². The molecule has 1 amide bonds. The molecule has 0 spiro atoms. The largest absolute Gasteiger partial charge is 0.497 e. The number of nitrogens with zero attached hydrogens (tertiary/aromatic N) is 3. The van der Waals surface area contributed by atoms with Crippen LogP contribution in [-0.4, -0.2) is 51.4 Å². The molecule has 2 aromatic carbocycles. The summed E-state index contributed by atoms with van der Waals surface area (Å²) >= 11 is 3.57. The van der Waals surface area contributed by atoms with Crippen molar-refractivity contribution >= 4 is 35.1 Å². The Labute approximate surface area is 220 Å². The third-order valence-corrected chi connectivity index (χ3v) is 8.39. The second-order valence-corrected chi connectivity index (χ2v) is 11.1. The maximum absolute atomic E-state index is 13.4. The summed E-state index contributed by atoms with van der Waals surface area (Å²) in [5, 5.41) is 3.48. The van der Waals surface area contributed by atoms with E-state index in [0.29, 0.717) is 11.8 Å². The first-order valence-corrected chi connectivity index (χ1v) is 14.1. The molecular formula is C28H30N4O2S2. The lowest BCUT2D eigenvalue weighted by Crippen LogP contribution is -2.42. The monoisotopic (exact) mass is 518 g/mol. The number of benzene rings is 2. The quantitative estimate of drug-likeness (QED) is 0.311. The van der Waals surface area contributed by atoms with Gasteiger partial charge in [-0.05, 0) is 66.8 Å². The van der Waals surface area contributed by atoms with Gasteiger partial charge in [0.15, 0.2) is 0 Å². The molecule has 0 saturated carbocycles. The Morgan fingerprint density at radius 2 is 1.86 bits per heavy atom. The molecule has 5 rings (SSSR count). The van der Waals surface area contributed by atoms with Crippen molar-refractivity contribution in [1.82, 2.24) is 19.6 Å². The van der Waals surface area contributed by atoms with E-state index in [-0.39, 0.29) is 11.9 Å².